The Morgan fingerprint density at radius 3 is 2.25 bits per heavy atom. The van der Waals surface area contributed by atoms with Gasteiger partial charge in [-0.2, -0.15) is 0 Å². The molecular weight excluding hydrogens is 660 g/mol. The first-order valence-corrected chi connectivity index (χ1v) is 17.2. The summed E-state index contributed by atoms with van der Waals surface area (Å²) in [6.07, 6.45) is 4.95. The van der Waals surface area contributed by atoms with E-state index in [2.05, 4.69) is 9.80 Å². The van der Waals surface area contributed by atoms with Crippen molar-refractivity contribution in [1.82, 2.24) is 4.90 Å². The van der Waals surface area contributed by atoms with Crippen LogP contribution in [0.1, 0.15) is 64.8 Å². The summed E-state index contributed by atoms with van der Waals surface area (Å²) in [4.78, 5) is 32.7. The number of hydrogen-bond acceptors (Lipinski definition) is 8. The molecule has 3 aromatic rings. The highest BCUT2D eigenvalue weighted by Gasteiger charge is 2.42. The maximum Gasteiger partial charge on any atom is 0.340 e. The Kier molecular flexibility index (Phi) is 8.18. The molecule has 0 aliphatic carbocycles. The Morgan fingerprint density at radius 2 is 1.58 bits per heavy atom. The third-order valence-corrected chi connectivity index (χ3v) is 11.3. The number of ether oxygens (including phenoxy) is 3. The molecule has 252 valence electrons. The topological polar surface area (TPSA) is 91.8 Å². The third-order valence-electron chi connectivity index (χ3n) is 10.7. The van der Waals surface area contributed by atoms with Gasteiger partial charge in [0.05, 0.1) is 71.9 Å². The minimum Gasteiger partial charge on any atom is -0.472 e. The Balaban J connectivity index is 1.08. The second-order valence-electron chi connectivity index (χ2n) is 13.4. The zero-order valence-electron chi connectivity index (χ0n) is 26.5. The van der Waals surface area contributed by atoms with Gasteiger partial charge in [-0.1, -0.05) is 41.4 Å². The minimum absolute atomic E-state index is 0.0848. The van der Waals surface area contributed by atoms with E-state index in [0.29, 0.717) is 54.2 Å². The predicted molar refractivity (Wildman–Crippen MR) is 180 cm³/mol. The molecular formula is C36H36Cl2FN3O6. The lowest BCUT2D eigenvalue weighted by molar-refractivity contribution is 0.0515. The van der Waals surface area contributed by atoms with E-state index in [4.69, 9.17) is 37.4 Å². The Hall–Kier alpha value is -3.57. The number of esters is 1. The molecule has 0 spiro atoms. The largest absolute Gasteiger partial charge is 0.472 e. The molecule has 5 aliphatic rings. The molecule has 5 heterocycles. The first-order chi connectivity index (χ1) is 23.2. The monoisotopic (exact) mass is 695 g/mol. The Labute approximate surface area is 288 Å². The molecule has 8 rings (SSSR count). The fraction of sp³-hybridized carbons (Fsp3) is 0.444. The molecule has 12 heteroatoms. The van der Waals surface area contributed by atoms with Crippen LogP contribution in [0.5, 0.6) is 5.75 Å². The SMILES string of the molecule is COC(=O)c1cc(F)c(-c2cccc3c2OCN(C(=O)c2c(Cl)cc(N4[C@@H]5CC[C@H]4CC(O)C5)cc2Cl)C3)cc1N1C2CCC1COC2. The zero-order valence-corrected chi connectivity index (χ0v) is 28.0. The number of piperidine rings is 1. The number of aliphatic hydroxyl groups excluding tert-OH is 1. The second-order valence-corrected chi connectivity index (χ2v) is 14.3. The number of para-hydroxylation sites is 1. The number of hydrogen-bond donors (Lipinski definition) is 1. The summed E-state index contributed by atoms with van der Waals surface area (Å²) in [5, 5.41) is 10.7. The van der Waals surface area contributed by atoms with Crippen LogP contribution in [-0.2, 0) is 16.0 Å². The van der Waals surface area contributed by atoms with E-state index in [9.17, 15) is 14.7 Å². The van der Waals surface area contributed by atoms with Crippen molar-refractivity contribution in [3.8, 4) is 16.9 Å². The van der Waals surface area contributed by atoms with Crippen LogP contribution in [0, 0.1) is 5.82 Å². The number of benzene rings is 3. The number of aliphatic hydroxyl groups is 1. The summed E-state index contributed by atoms with van der Waals surface area (Å²) in [6, 6.07) is 12.6. The quantitative estimate of drug-likeness (QED) is 0.305. The minimum atomic E-state index is -0.603. The number of anilines is 2. The van der Waals surface area contributed by atoms with E-state index in [-0.39, 0.29) is 70.6 Å². The molecule has 48 heavy (non-hydrogen) atoms. The first-order valence-electron chi connectivity index (χ1n) is 16.5. The lowest BCUT2D eigenvalue weighted by Gasteiger charge is -2.39. The highest BCUT2D eigenvalue weighted by Crippen LogP contribution is 2.45. The van der Waals surface area contributed by atoms with Gasteiger partial charge in [-0.25, -0.2) is 9.18 Å². The number of amides is 1. The van der Waals surface area contributed by atoms with E-state index in [1.54, 1.807) is 30.3 Å². The fourth-order valence-electron chi connectivity index (χ4n) is 8.53. The zero-order chi connectivity index (χ0) is 33.3. The number of fused-ring (bicyclic) bond motifs is 5. The normalized spacial score (nSPS) is 25.9. The van der Waals surface area contributed by atoms with Crippen LogP contribution in [0.4, 0.5) is 15.8 Å². The third kappa shape index (κ3) is 5.28. The molecule has 3 aromatic carbocycles. The summed E-state index contributed by atoms with van der Waals surface area (Å²) >= 11 is 13.5. The number of morpholine rings is 1. The van der Waals surface area contributed by atoms with Gasteiger partial charge < -0.3 is 34.0 Å². The van der Waals surface area contributed by atoms with Gasteiger partial charge in [-0.3, -0.25) is 4.79 Å². The van der Waals surface area contributed by atoms with Crippen LogP contribution in [0.15, 0.2) is 42.5 Å². The molecule has 4 bridgehead atoms. The van der Waals surface area contributed by atoms with Gasteiger partial charge >= 0.3 is 5.97 Å². The molecule has 0 aromatic heterocycles. The highest BCUT2D eigenvalue weighted by atomic mass is 35.5. The number of rotatable bonds is 5. The van der Waals surface area contributed by atoms with Crippen LogP contribution in [0.3, 0.4) is 0 Å². The van der Waals surface area contributed by atoms with Gasteiger partial charge in [0.25, 0.3) is 5.91 Å². The standard InChI is InChI=1S/C36H36Cl2FN3O6/c1-46-36(45)28-13-31(39)27(14-32(28)42-22-7-8-23(42)17-47-16-22)26-4-2-3-19-15-40(18-48-34(19)26)35(44)33-29(37)11-24(12-30(33)38)41-20-5-6-21(41)10-25(43)9-20/h2-4,11-14,20-23,25,43H,5-10,15-18H2,1H3/t20-,21+,22?,23?,25?. The molecule has 9 nitrogen and oxygen atoms in total. The van der Waals surface area contributed by atoms with Crippen LogP contribution in [0.25, 0.3) is 11.1 Å². The predicted octanol–water partition coefficient (Wildman–Crippen LogP) is 6.44. The maximum absolute atomic E-state index is 15.9. The summed E-state index contributed by atoms with van der Waals surface area (Å²) in [7, 11) is 1.29. The summed E-state index contributed by atoms with van der Waals surface area (Å²) in [5.74, 6) is -1.08. The summed E-state index contributed by atoms with van der Waals surface area (Å²) < 4.78 is 32.9. The first kappa shape index (κ1) is 31.7. The lowest BCUT2D eigenvalue weighted by Crippen LogP contribution is -2.46. The molecule has 5 aliphatic heterocycles. The van der Waals surface area contributed by atoms with Crippen LogP contribution < -0.4 is 14.5 Å². The van der Waals surface area contributed by atoms with E-state index >= 15 is 4.39 Å². The van der Waals surface area contributed by atoms with Crippen LogP contribution >= 0.6 is 23.2 Å². The van der Waals surface area contributed by atoms with Gasteiger partial charge in [0.1, 0.15) is 11.6 Å². The molecule has 4 saturated heterocycles. The average Bonchev–Trinajstić information content (AvgIpc) is 3.49. The number of halogens is 3. The van der Waals surface area contributed by atoms with Gasteiger partial charge in [0.2, 0.25) is 0 Å². The van der Waals surface area contributed by atoms with Crippen LogP contribution in [0.2, 0.25) is 10.0 Å². The number of carbonyl (C=O) groups is 2. The van der Waals surface area contributed by atoms with Crippen LogP contribution in [-0.4, -0.2) is 79.2 Å². The average molecular weight is 697 g/mol. The summed E-state index contributed by atoms with van der Waals surface area (Å²) in [6.45, 7) is 1.19. The van der Waals surface area contributed by atoms with Crippen molar-refractivity contribution in [2.45, 2.75) is 75.3 Å². The van der Waals surface area contributed by atoms with Crippen molar-refractivity contribution < 1.29 is 33.3 Å². The Bertz CT molecular complexity index is 1750. The van der Waals surface area contributed by atoms with Crippen molar-refractivity contribution >= 4 is 46.5 Å². The van der Waals surface area contributed by atoms with Gasteiger partial charge in [0, 0.05) is 34.5 Å². The molecule has 0 radical (unpaired) electrons. The van der Waals surface area contributed by atoms with Gasteiger partial charge in [-0.05, 0) is 62.8 Å². The molecule has 3 unspecified atom stereocenters. The van der Waals surface area contributed by atoms with Crippen molar-refractivity contribution in [2.24, 2.45) is 0 Å². The number of methoxy groups -OCH3 is 1. The van der Waals surface area contributed by atoms with Gasteiger partial charge in [-0.15, -0.1) is 0 Å². The molecule has 1 amide bonds. The van der Waals surface area contributed by atoms with E-state index in [1.807, 2.05) is 6.07 Å². The highest BCUT2D eigenvalue weighted by molar-refractivity contribution is 6.40. The van der Waals surface area contributed by atoms with Crippen molar-refractivity contribution in [3.05, 3.63) is 75.0 Å². The fourth-order valence-corrected chi connectivity index (χ4v) is 9.17. The van der Waals surface area contributed by atoms with E-state index < -0.39 is 11.8 Å². The molecule has 0 saturated carbocycles. The summed E-state index contributed by atoms with van der Waals surface area (Å²) in [5.41, 5.74) is 3.35. The van der Waals surface area contributed by atoms with E-state index in [1.165, 1.54) is 18.1 Å². The van der Waals surface area contributed by atoms with Crippen molar-refractivity contribution in [2.75, 3.05) is 36.9 Å². The van der Waals surface area contributed by atoms with Crippen molar-refractivity contribution in [1.29, 1.82) is 0 Å². The second kappa shape index (κ2) is 12.4. The van der Waals surface area contributed by atoms with E-state index in [0.717, 1.165) is 31.4 Å². The Morgan fingerprint density at radius 1 is 0.917 bits per heavy atom. The smallest absolute Gasteiger partial charge is 0.340 e. The molecule has 1 N–H and O–H groups in total. The maximum atomic E-state index is 15.9. The molecule has 4 fully saturated rings. The lowest BCUT2D eigenvalue weighted by atomic mass is 9.96. The number of nitrogens with zero attached hydrogens (tertiary/aromatic N) is 3. The van der Waals surface area contributed by atoms with Crippen molar-refractivity contribution in [3.63, 3.8) is 0 Å². The number of carbonyl (C=O) groups excluding carboxylic acids is 2. The van der Waals surface area contributed by atoms with Gasteiger partial charge in [0.15, 0.2) is 6.73 Å². The molecule has 5 atom stereocenters.